The molecule has 0 saturated carbocycles. The first kappa shape index (κ1) is 11.6. The molecule has 0 heterocycles. The number of rotatable bonds is 1. The molecule has 0 aliphatic carbocycles. The molecule has 0 amide bonds. The zero-order valence-electron chi connectivity index (χ0n) is 5.56. The normalized spacial score (nSPS) is 6.70. The average Bonchev–Trinajstić information content (AvgIpc) is 1.62. The van der Waals surface area contributed by atoms with Crippen molar-refractivity contribution in [3.63, 3.8) is 0 Å². The molecule has 0 aromatic heterocycles. The van der Waals surface area contributed by atoms with Gasteiger partial charge in [-0.05, 0) is 6.58 Å². The van der Waals surface area contributed by atoms with Crippen molar-refractivity contribution in [1.82, 2.24) is 0 Å². The van der Waals surface area contributed by atoms with Gasteiger partial charge in [-0.3, -0.25) is 4.79 Å². The van der Waals surface area contributed by atoms with Crippen LogP contribution in [0.25, 0.3) is 0 Å². The van der Waals surface area contributed by atoms with Crippen molar-refractivity contribution in [1.29, 1.82) is 0 Å². The Bertz CT molecular complexity index is 128. The Balaban J connectivity index is 0. The van der Waals surface area contributed by atoms with Crippen LogP contribution in [0.4, 0.5) is 8.78 Å². The third kappa shape index (κ3) is 70.2. The van der Waals surface area contributed by atoms with Crippen LogP contribution in [0.1, 0.15) is 6.92 Å². The third-order valence-corrected chi connectivity index (χ3v) is 0.249. The summed E-state index contributed by atoms with van der Waals surface area (Å²) in [5, 5.41) is 0. The smallest absolute Gasteiger partial charge is 0.307 e. The summed E-state index contributed by atoms with van der Waals surface area (Å²) < 4.78 is 24.4. The standard InChI is InChI=1S/C4H6O2.C2H2F2/c1-3-6-4(2)5;1-2(3)4/h3H,1H2,2H3;1H2. The molecule has 0 aliphatic rings. The summed E-state index contributed by atoms with van der Waals surface area (Å²) in [6.07, 6.45) is -0.734. The van der Waals surface area contributed by atoms with Crippen molar-refractivity contribution >= 4 is 5.97 Å². The first-order valence-corrected chi connectivity index (χ1v) is 2.28. The van der Waals surface area contributed by atoms with Crippen LogP contribution in [-0.4, -0.2) is 5.97 Å². The first-order chi connectivity index (χ1) is 4.50. The lowest BCUT2D eigenvalue weighted by Crippen LogP contribution is -1.87. The highest BCUT2D eigenvalue weighted by atomic mass is 19.3. The lowest BCUT2D eigenvalue weighted by Gasteiger charge is -1.83. The van der Waals surface area contributed by atoms with Gasteiger partial charge in [0.05, 0.1) is 6.26 Å². The second-order valence-electron chi connectivity index (χ2n) is 1.11. The Labute approximate surface area is 57.8 Å². The van der Waals surface area contributed by atoms with Crippen LogP contribution in [0.3, 0.4) is 0 Å². The Kier molecular flexibility index (Phi) is 9.05. The summed E-state index contributed by atoms with van der Waals surface area (Å²) in [7, 11) is 0. The highest BCUT2D eigenvalue weighted by Gasteiger charge is 1.79. The summed E-state index contributed by atoms with van der Waals surface area (Å²) in [5.41, 5.74) is 0. The second-order valence-corrected chi connectivity index (χ2v) is 1.11. The van der Waals surface area contributed by atoms with Gasteiger partial charge in [-0.1, -0.05) is 6.58 Å². The number of halogens is 2. The Morgan fingerprint density at radius 1 is 1.60 bits per heavy atom. The molecule has 0 aromatic rings. The molecule has 2 nitrogen and oxygen atoms in total. The topological polar surface area (TPSA) is 26.3 Å². The van der Waals surface area contributed by atoms with Crippen LogP contribution in [0.5, 0.6) is 0 Å². The number of esters is 1. The quantitative estimate of drug-likeness (QED) is 0.422. The molecule has 0 fully saturated rings. The molecule has 58 valence electrons. The van der Waals surface area contributed by atoms with Gasteiger partial charge in [-0.2, -0.15) is 8.78 Å². The van der Waals surface area contributed by atoms with Crippen molar-refractivity contribution in [2.45, 2.75) is 6.92 Å². The van der Waals surface area contributed by atoms with Gasteiger partial charge in [0.25, 0.3) is 6.08 Å². The fraction of sp³-hybridized carbons (Fsp3) is 0.167. The van der Waals surface area contributed by atoms with E-state index in [1.54, 1.807) is 0 Å². The monoisotopic (exact) mass is 150 g/mol. The van der Waals surface area contributed by atoms with Gasteiger partial charge < -0.3 is 4.74 Å². The molecule has 4 heteroatoms. The summed E-state index contributed by atoms with van der Waals surface area (Å²) in [4.78, 5) is 9.75. The maximum Gasteiger partial charge on any atom is 0.307 e. The Hall–Kier alpha value is -1.19. The van der Waals surface area contributed by atoms with E-state index in [4.69, 9.17) is 0 Å². The second kappa shape index (κ2) is 7.81. The number of carbonyl (C=O) groups is 1. The largest absolute Gasteiger partial charge is 0.435 e. The molecule has 0 N–H and O–H groups in total. The molecule has 0 aromatic carbocycles. The van der Waals surface area contributed by atoms with Gasteiger partial charge in [0.2, 0.25) is 0 Å². The van der Waals surface area contributed by atoms with E-state index >= 15 is 0 Å². The number of hydrogen-bond acceptors (Lipinski definition) is 2. The fourth-order valence-electron chi connectivity index (χ4n) is 0.117. The number of ether oxygens (including phenoxy) is 1. The summed E-state index contributed by atoms with van der Waals surface area (Å²) in [5.74, 6) is -0.329. The van der Waals surface area contributed by atoms with E-state index < -0.39 is 6.08 Å². The SMILES string of the molecule is C=C(F)F.C=COC(C)=O. The van der Waals surface area contributed by atoms with Gasteiger partial charge >= 0.3 is 5.97 Å². The summed E-state index contributed by atoms with van der Waals surface area (Å²) in [6, 6.07) is 0. The van der Waals surface area contributed by atoms with Gasteiger partial charge in [0.15, 0.2) is 0 Å². The Morgan fingerprint density at radius 2 is 1.90 bits per heavy atom. The zero-order valence-corrected chi connectivity index (χ0v) is 5.56. The van der Waals surface area contributed by atoms with E-state index in [0.29, 0.717) is 0 Å². The minimum absolute atomic E-state index is 0.329. The van der Waals surface area contributed by atoms with E-state index in [1.807, 2.05) is 0 Å². The lowest BCUT2D eigenvalue weighted by molar-refractivity contribution is -0.135. The number of carbonyl (C=O) groups excluding carboxylic acids is 1. The molecule has 0 radical (unpaired) electrons. The molecule has 0 rings (SSSR count). The molecule has 0 saturated heterocycles. The average molecular weight is 150 g/mol. The lowest BCUT2D eigenvalue weighted by atomic mass is 10.8. The van der Waals surface area contributed by atoms with E-state index in [-0.39, 0.29) is 5.97 Å². The van der Waals surface area contributed by atoms with E-state index in [1.165, 1.54) is 6.92 Å². The van der Waals surface area contributed by atoms with Crippen molar-refractivity contribution in [3.8, 4) is 0 Å². The van der Waals surface area contributed by atoms with E-state index in [0.717, 1.165) is 6.26 Å². The molecule has 0 unspecified atom stereocenters. The van der Waals surface area contributed by atoms with Crippen LogP contribution in [-0.2, 0) is 9.53 Å². The predicted molar refractivity (Wildman–Crippen MR) is 33.3 cm³/mol. The Morgan fingerprint density at radius 3 is 1.90 bits per heavy atom. The molecular formula is C6H8F2O2. The van der Waals surface area contributed by atoms with Crippen LogP contribution in [0.2, 0.25) is 0 Å². The molecule has 0 aliphatic heterocycles. The first-order valence-electron chi connectivity index (χ1n) is 2.28. The maximum atomic E-state index is 10.1. The summed E-state index contributed by atoms with van der Waals surface area (Å²) in [6.45, 7) is 6.70. The van der Waals surface area contributed by atoms with Crippen molar-refractivity contribution < 1.29 is 18.3 Å². The molecule has 0 bridgehead atoms. The highest BCUT2D eigenvalue weighted by Crippen LogP contribution is 1.85. The van der Waals surface area contributed by atoms with E-state index in [2.05, 4.69) is 17.9 Å². The van der Waals surface area contributed by atoms with Gasteiger partial charge in [-0.25, -0.2) is 0 Å². The van der Waals surface area contributed by atoms with E-state index in [9.17, 15) is 13.6 Å². The molecule has 10 heavy (non-hydrogen) atoms. The number of hydrogen-bond donors (Lipinski definition) is 0. The van der Waals surface area contributed by atoms with Gasteiger partial charge in [0, 0.05) is 6.92 Å². The molecular weight excluding hydrogens is 142 g/mol. The minimum atomic E-state index is -1.83. The van der Waals surface area contributed by atoms with Crippen molar-refractivity contribution in [3.05, 3.63) is 25.5 Å². The summed E-state index contributed by atoms with van der Waals surface area (Å²) >= 11 is 0. The van der Waals surface area contributed by atoms with Gasteiger partial charge in [0.1, 0.15) is 0 Å². The van der Waals surface area contributed by atoms with Crippen LogP contribution in [0, 0.1) is 0 Å². The minimum Gasteiger partial charge on any atom is -0.435 e. The maximum absolute atomic E-state index is 10.1. The molecule has 0 atom stereocenters. The van der Waals surface area contributed by atoms with Crippen molar-refractivity contribution in [2.24, 2.45) is 0 Å². The fourth-order valence-corrected chi connectivity index (χ4v) is 0.117. The third-order valence-electron chi connectivity index (χ3n) is 0.249. The van der Waals surface area contributed by atoms with Crippen LogP contribution in [0.15, 0.2) is 25.5 Å². The van der Waals surface area contributed by atoms with Crippen LogP contribution >= 0.6 is 0 Å². The van der Waals surface area contributed by atoms with Crippen molar-refractivity contribution in [2.75, 3.05) is 0 Å². The molecule has 0 spiro atoms. The van der Waals surface area contributed by atoms with Crippen LogP contribution < -0.4 is 0 Å². The highest BCUT2D eigenvalue weighted by molar-refractivity contribution is 5.66. The zero-order chi connectivity index (χ0) is 8.57. The van der Waals surface area contributed by atoms with Gasteiger partial charge in [-0.15, -0.1) is 0 Å². The predicted octanol–water partition coefficient (Wildman–Crippen LogP) is 2.09.